The number of benzene rings is 1. The van der Waals surface area contributed by atoms with Crippen LogP contribution in [0.25, 0.3) is 0 Å². The number of hydrogen-bond acceptors (Lipinski definition) is 4. The molecule has 2 aliphatic rings. The molecule has 2 aliphatic heterocycles. The van der Waals surface area contributed by atoms with E-state index in [0.717, 1.165) is 6.42 Å². The van der Waals surface area contributed by atoms with E-state index in [2.05, 4.69) is 0 Å². The maximum Gasteiger partial charge on any atom is 0.254 e. The van der Waals surface area contributed by atoms with Gasteiger partial charge in [0, 0.05) is 18.7 Å². The Morgan fingerprint density at radius 1 is 1.38 bits per heavy atom. The molecule has 1 aromatic carbocycles. The van der Waals surface area contributed by atoms with Gasteiger partial charge in [-0.05, 0) is 24.5 Å². The molecule has 21 heavy (non-hydrogen) atoms. The highest BCUT2D eigenvalue weighted by Gasteiger charge is 2.29. The molecule has 1 fully saturated rings. The number of amides is 1. The molecule has 2 unspecified atom stereocenters. The minimum Gasteiger partial charge on any atom is -0.486 e. The van der Waals surface area contributed by atoms with Gasteiger partial charge in [-0.25, -0.2) is 0 Å². The Kier molecular flexibility index (Phi) is 3.95. The third-order valence-corrected chi connectivity index (χ3v) is 4.33. The summed E-state index contributed by atoms with van der Waals surface area (Å²) in [6.07, 6.45) is 0.320. The molecule has 5 nitrogen and oxygen atoms in total. The second-order valence-electron chi connectivity index (χ2n) is 5.57. The predicted octanol–water partition coefficient (Wildman–Crippen LogP) is 1.95. The molecular weight excluding hydrogens is 294 g/mol. The third kappa shape index (κ3) is 2.80. The largest absolute Gasteiger partial charge is 0.486 e. The number of ether oxygens (including phenoxy) is 2. The van der Waals surface area contributed by atoms with Crippen molar-refractivity contribution in [3.05, 3.63) is 22.7 Å². The van der Waals surface area contributed by atoms with E-state index >= 15 is 0 Å². The molecule has 0 bridgehead atoms. The topological polar surface area (TPSA) is 59.0 Å². The normalized spacial score (nSPS) is 24.8. The van der Waals surface area contributed by atoms with E-state index in [1.54, 1.807) is 17.0 Å². The van der Waals surface area contributed by atoms with Crippen molar-refractivity contribution >= 4 is 17.5 Å². The highest BCUT2D eigenvalue weighted by Crippen LogP contribution is 2.38. The summed E-state index contributed by atoms with van der Waals surface area (Å²) >= 11 is 6.16. The number of aliphatic hydroxyl groups excluding tert-OH is 1. The van der Waals surface area contributed by atoms with Gasteiger partial charge in [0.1, 0.15) is 13.2 Å². The lowest BCUT2D eigenvalue weighted by atomic mass is 9.95. The van der Waals surface area contributed by atoms with Gasteiger partial charge in [-0.15, -0.1) is 0 Å². The first-order chi connectivity index (χ1) is 10.1. The van der Waals surface area contributed by atoms with E-state index < -0.39 is 6.10 Å². The van der Waals surface area contributed by atoms with Crippen LogP contribution in [0.1, 0.15) is 23.7 Å². The van der Waals surface area contributed by atoms with Crippen LogP contribution < -0.4 is 9.47 Å². The fourth-order valence-corrected chi connectivity index (χ4v) is 2.92. The Morgan fingerprint density at radius 3 is 2.90 bits per heavy atom. The van der Waals surface area contributed by atoms with Crippen molar-refractivity contribution in [2.45, 2.75) is 19.4 Å². The van der Waals surface area contributed by atoms with Crippen molar-refractivity contribution < 1.29 is 19.4 Å². The van der Waals surface area contributed by atoms with Crippen LogP contribution in [0.2, 0.25) is 5.02 Å². The maximum absolute atomic E-state index is 12.5. The summed E-state index contributed by atoms with van der Waals surface area (Å²) in [5.74, 6) is 1.08. The van der Waals surface area contributed by atoms with Crippen LogP contribution in [0.5, 0.6) is 11.5 Å². The lowest BCUT2D eigenvalue weighted by Gasteiger charge is -2.34. The first-order valence-corrected chi connectivity index (χ1v) is 7.50. The standard InChI is InChI=1S/C15H18ClNO4/c1-9-2-3-17(8-12(9)18)15(19)10-6-11(16)14-13(7-10)20-4-5-21-14/h6-7,9,12,18H,2-5,8H2,1H3. The van der Waals surface area contributed by atoms with Crippen LogP contribution in [-0.2, 0) is 0 Å². The Bertz CT molecular complexity index is 563. The van der Waals surface area contributed by atoms with Crippen molar-refractivity contribution in [1.82, 2.24) is 4.90 Å². The summed E-state index contributed by atoms with van der Waals surface area (Å²) in [6, 6.07) is 3.26. The van der Waals surface area contributed by atoms with Gasteiger partial charge < -0.3 is 19.5 Å². The van der Waals surface area contributed by atoms with Crippen LogP contribution >= 0.6 is 11.6 Å². The number of fused-ring (bicyclic) bond motifs is 1. The van der Waals surface area contributed by atoms with Crippen molar-refractivity contribution in [1.29, 1.82) is 0 Å². The molecule has 0 saturated carbocycles. The number of likely N-dealkylation sites (tertiary alicyclic amines) is 1. The molecule has 1 aromatic rings. The van der Waals surface area contributed by atoms with E-state index in [1.807, 2.05) is 6.92 Å². The molecule has 6 heteroatoms. The molecule has 0 aliphatic carbocycles. The first kappa shape index (κ1) is 14.5. The predicted molar refractivity (Wildman–Crippen MR) is 78.1 cm³/mol. The fourth-order valence-electron chi connectivity index (χ4n) is 2.65. The zero-order chi connectivity index (χ0) is 15.0. The highest BCUT2D eigenvalue weighted by molar-refractivity contribution is 6.32. The van der Waals surface area contributed by atoms with Crippen molar-refractivity contribution in [3.8, 4) is 11.5 Å². The molecule has 1 amide bonds. The van der Waals surface area contributed by atoms with Crippen LogP contribution in [0.15, 0.2) is 12.1 Å². The molecule has 114 valence electrons. The molecular formula is C15H18ClNO4. The molecule has 0 radical (unpaired) electrons. The Labute approximate surface area is 128 Å². The number of aliphatic hydroxyl groups is 1. The minimum absolute atomic E-state index is 0.139. The van der Waals surface area contributed by atoms with E-state index in [1.165, 1.54) is 0 Å². The average molecular weight is 312 g/mol. The summed E-state index contributed by atoms with van der Waals surface area (Å²) in [6.45, 7) is 3.89. The van der Waals surface area contributed by atoms with Crippen molar-refractivity contribution in [3.63, 3.8) is 0 Å². The molecule has 1 saturated heterocycles. The second kappa shape index (κ2) is 5.73. The summed E-state index contributed by atoms with van der Waals surface area (Å²) in [5.41, 5.74) is 0.464. The van der Waals surface area contributed by atoms with Gasteiger partial charge in [0.2, 0.25) is 0 Å². The summed E-state index contributed by atoms with van der Waals surface area (Å²) < 4.78 is 10.9. The number of β-amino-alcohol motifs (C(OH)–C–C–N with tert-alkyl or cyclic N) is 1. The van der Waals surface area contributed by atoms with Gasteiger partial charge in [-0.2, -0.15) is 0 Å². The molecule has 0 aromatic heterocycles. The van der Waals surface area contributed by atoms with Crippen molar-refractivity contribution in [2.24, 2.45) is 5.92 Å². The first-order valence-electron chi connectivity index (χ1n) is 7.12. The maximum atomic E-state index is 12.5. The van der Waals surface area contributed by atoms with Crippen LogP contribution in [0.3, 0.4) is 0 Å². The van der Waals surface area contributed by atoms with Crippen LogP contribution in [-0.4, -0.2) is 48.3 Å². The van der Waals surface area contributed by atoms with Gasteiger partial charge in [-0.1, -0.05) is 18.5 Å². The number of piperidine rings is 1. The van der Waals surface area contributed by atoms with E-state index in [4.69, 9.17) is 21.1 Å². The Balaban J connectivity index is 1.83. The van der Waals surface area contributed by atoms with Gasteiger partial charge in [0.15, 0.2) is 11.5 Å². The molecule has 2 heterocycles. The second-order valence-corrected chi connectivity index (χ2v) is 5.97. The Morgan fingerprint density at radius 2 is 2.14 bits per heavy atom. The number of halogens is 1. The quantitative estimate of drug-likeness (QED) is 0.861. The lowest BCUT2D eigenvalue weighted by molar-refractivity contribution is 0.0248. The smallest absolute Gasteiger partial charge is 0.254 e. The van der Waals surface area contributed by atoms with Crippen molar-refractivity contribution in [2.75, 3.05) is 26.3 Å². The number of nitrogens with zero attached hydrogens (tertiary/aromatic N) is 1. The molecule has 3 rings (SSSR count). The number of hydrogen-bond donors (Lipinski definition) is 1. The Hall–Kier alpha value is -1.46. The van der Waals surface area contributed by atoms with Gasteiger partial charge >= 0.3 is 0 Å². The van der Waals surface area contributed by atoms with Gasteiger partial charge in [0.25, 0.3) is 5.91 Å². The minimum atomic E-state index is -0.476. The average Bonchev–Trinajstić information content (AvgIpc) is 2.49. The van der Waals surface area contributed by atoms with Gasteiger partial charge in [-0.3, -0.25) is 4.79 Å². The van der Waals surface area contributed by atoms with Crippen LogP contribution in [0, 0.1) is 5.92 Å². The van der Waals surface area contributed by atoms with Crippen LogP contribution in [0.4, 0.5) is 0 Å². The third-order valence-electron chi connectivity index (χ3n) is 4.05. The van der Waals surface area contributed by atoms with E-state index in [0.29, 0.717) is 48.4 Å². The van der Waals surface area contributed by atoms with Gasteiger partial charge in [0.05, 0.1) is 11.1 Å². The SMILES string of the molecule is CC1CCN(C(=O)c2cc(Cl)c3c(c2)OCCO3)CC1O. The molecule has 0 spiro atoms. The molecule has 1 N–H and O–H groups in total. The van der Waals surface area contributed by atoms with E-state index in [-0.39, 0.29) is 11.8 Å². The van der Waals surface area contributed by atoms with E-state index in [9.17, 15) is 9.90 Å². The molecule has 2 atom stereocenters. The zero-order valence-corrected chi connectivity index (χ0v) is 12.6. The number of carbonyl (C=O) groups is 1. The fraction of sp³-hybridized carbons (Fsp3) is 0.533. The lowest BCUT2D eigenvalue weighted by Crippen LogP contribution is -2.45. The zero-order valence-electron chi connectivity index (χ0n) is 11.8. The number of carbonyl (C=O) groups excluding carboxylic acids is 1. The summed E-state index contributed by atoms with van der Waals surface area (Å²) in [4.78, 5) is 14.2. The summed E-state index contributed by atoms with van der Waals surface area (Å²) in [7, 11) is 0. The number of rotatable bonds is 1. The monoisotopic (exact) mass is 311 g/mol. The summed E-state index contributed by atoms with van der Waals surface area (Å²) in [5, 5.41) is 10.3. The highest BCUT2D eigenvalue weighted by atomic mass is 35.5.